The van der Waals surface area contributed by atoms with Gasteiger partial charge in [0.05, 0.1) is 11.8 Å². The third-order valence-corrected chi connectivity index (χ3v) is 5.38. The van der Waals surface area contributed by atoms with E-state index in [0.29, 0.717) is 5.76 Å². The highest BCUT2D eigenvalue weighted by Crippen LogP contribution is 2.43. The number of aliphatic hydroxyl groups is 1. The number of amides is 1. The number of hydrogen-bond donors (Lipinski definition) is 1. The molecule has 2 aromatic rings. The van der Waals surface area contributed by atoms with E-state index in [0.717, 1.165) is 32.1 Å². The van der Waals surface area contributed by atoms with Crippen LogP contribution in [0.15, 0.2) is 52.7 Å². The van der Waals surface area contributed by atoms with Gasteiger partial charge in [-0.15, -0.1) is 0 Å². The number of benzene rings is 1. The Morgan fingerprint density at radius 3 is 2.41 bits per heavy atom. The van der Waals surface area contributed by atoms with Crippen LogP contribution in [0.1, 0.15) is 49.5 Å². The summed E-state index contributed by atoms with van der Waals surface area (Å²) in [5, 5.41) is 10.8. The molecule has 4 rings (SSSR count). The lowest BCUT2D eigenvalue weighted by atomic mass is 9.92. The summed E-state index contributed by atoms with van der Waals surface area (Å²) in [7, 11) is 0. The molecule has 2 aliphatic rings. The van der Waals surface area contributed by atoms with Gasteiger partial charge < -0.3 is 14.4 Å². The van der Waals surface area contributed by atoms with E-state index >= 15 is 0 Å². The first-order chi connectivity index (χ1) is 13.1. The molecule has 6 heteroatoms. The van der Waals surface area contributed by atoms with Crippen molar-refractivity contribution in [2.45, 2.75) is 44.2 Å². The number of hydrogen-bond acceptors (Lipinski definition) is 4. The average molecular weight is 369 g/mol. The molecule has 1 saturated carbocycles. The fraction of sp³-hybridized carbons (Fsp3) is 0.333. The minimum atomic E-state index is -0.770. The largest absolute Gasteiger partial charge is 0.507 e. The molecule has 0 bridgehead atoms. The lowest BCUT2D eigenvalue weighted by Gasteiger charge is -2.34. The Labute approximate surface area is 156 Å². The van der Waals surface area contributed by atoms with E-state index in [9.17, 15) is 19.1 Å². The molecular weight excluding hydrogens is 349 g/mol. The maximum absolute atomic E-state index is 13.2. The maximum Gasteiger partial charge on any atom is 0.296 e. The molecule has 1 atom stereocenters. The van der Waals surface area contributed by atoms with Crippen molar-refractivity contribution < 1.29 is 23.5 Å². The smallest absolute Gasteiger partial charge is 0.296 e. The Morgan fingerprint density at radius 2 is 1.78 bits per heavy atom. The van der Waals surface area contributed by atoms with E-state index in [-0.39, 0.29) is 22.9 Å². The monoisotopic (exact) mass is 369 g/mol. The number of Topliss-reactive ketones (excluding diaryl/α,β-unsaturated/α-hetero) is 1. The van der Waals surface area contributed by atoms with Crippen molar-refractivity contribution in [1.82, 2.24) is 4.90 Å². The lowest BCUT2D eigenvalue weighted by Crippen LogP contribution is -2.40. The first-order valence-electron chi connectivity index (χ1n) is 9.17. The van der Waals surface area contributed by atoms with Crippen molar-refractivity contribution >= 4 is 17.4 Å². The molecule has 2 heterocycles. The first kappa shape index (κ1) is 17.5. The Balaban J connectivity index is 1.84. The molecule has 1 aromatic heterocycles. The zero-order valence-electron chi connectivity index (χ0n) is 14.7. The molecular formula is C21H20FNO4. The predicted molar refractivity (Wildman–Crippen MR) is 96.1 cm³/mol. The number of carbonyl (C=O) groups is 2. The zero-order chi connectivity index (χ0) is 19.0. The van der Waals surface area contributed by atoms with Gasteiger partial charge >= 0.3 is 0 Å². The standard InChI is InChI=1S/C21H20FNO4/c22-14-10-8-13(9-11-14)19(24)17-18(16-7-4-12-27-16)23(21(26)20(17)25)15-5-2-1-3-6-15/h4,7-12,15,18,24H,1-3,5-6H2/b19-17-. The molecule has 1 N–H and O–H groups in total. The summed E-state index contributed by atoms with van der Waals surface area (Å²) in [5.74, 6) is -1.68. The van der Waals surface area contributed by atoms with Crippen LogP contribution in [-0.4, -0.2) is 27.7 Å². The van der Waals surface area contributed by atoms with E-state index in [1.165, 1.54) is 30.5 Å². The molecule has 27 heavy (non-hydrogen) atoms. The summed E-state index contributed by atoms with van der Waals surface area (Å²) in [6.45, 7) is 0. The van der Waals surface area contributed by atoms with Gasteiger partial charge in [-0.05, 0) is 49.2 Å². The van der Waals surface area contributed by atoms with Crippen LogP contribution in [0.3, 0.4) is 0 Å². The van der Waals surface area contributed by atoms with Gasteiger partial charge in [-0.2, -0.15) is 0 Å². The van der Waals surface area contributed by atoms with Gasteiger partial charge in [0.15, 0.2) is 0 Å². The normalized spacial score (nSPS) is 23.1. The molecule has 0 radical (unpaired) electrons. The van der Waals surface area contributed by atoms with Crippen molar-refractivity contribution in [3.05, 3.63) is 65.4 Å². The third kappa shape index (κ3) is 3.05. The molecule has 1 aliphatic carbocycles. The van der Waals surface area contributed by atoms with E-state index in [4.69, 9.17) is 4.42 Å². The number of carbonyl (C=O) groups excluding carboxylic acids is 2. The van der Waals surface area contributed by atoms with Crippen LogP contribution in [0.5, 0.6) is 0 Å². The fourth-order valence-electron chi connectivity index (χ4n) is 4.08. The number of nitrogens with zero attached hydrogens (tertiary/aromatic N) is 1. The average Bonchev–Trinajstić information content (AvgIpc) is 3.30. The molecule has 1 unspecified atom stereocenters. The van der Waals surface area contributed by atoms with E-state index in [1.807, 2.05) is 0 Å². The van der Waals surface area contributed by atoms with Crippen LogP contribution in [0.2, 0.25) is 0 Å². The minimum absolute atomic E-state index is 0.00729. The van der Waals surface area contributed by atoms with Crippen LogP contribution in [0.25, 0.3) is 5.76 Å². The summed E-state index contributed by atoms with van der Waals surface area (Å²) in [4.78, 5) is 27.2. The number of furan rings is 1. The number of ketones is 1. The van der Waals surface area contributed by atoms with Crippen LogP contribution in [0.4, 0.5) is 4.39 Å². The van der Waals surface area contributed by atoms with Crippen LogP contribution in [-0.2, 0) is 9.59 Å². The second kappa shape index (κ2) is 7.02. The van der Waals surface area contributed by atoms with E-state index in [2.05, 4.69) is 0 Å². The predicted octanol–water partition coefficient (Wildman–Crippen LogP) is 4.17. The number of halogens is 1. The SMILES string of the molecule is O=C1C(=O)N(C2CCCCC2)C(c2ccco2)/C1=C(/O)c1ccc(F)cc1. The number of rotatable bonds is 3. The maximum atomic E-state index is 13.2. The van der Waals surface area contributed by atoms with Gasteiger partial charge in [0.1, 0.15) is 23.4 Å². The van der Waals surface area contributed by atoms with Crippen molar-refractivity contribution in [2.24, 2.45) is 0 Å². The van der Waals surface area contributed by atoms with Gasteiger partial charge in [-0.3, -0.25) is 9.59 Å². The molecule has 2 fully saturated rings. The molecule has 0 spiro atoms. The summed E-state index contributed by atoms with van der Waals surface area (Å²) in [6.07, 6.45) is 6.23. The molecule has 140 valence electrons. The third-order valence-electron chi connectivity index (χ3n) is 5.38. The Hall–Kier alpha value is -2.89. The van der Waals surface area contributed by atoms with Crippen molar-refractivity contribution in [3.8, 4) is 0 Å². The Bertz CT molecular complexity index is 879. The second-order valence-corrected chi connectivity index (χ2v) is 7.02. The Kier molecular flexibility index (Phi) is 4.56. The molecule has 1 saturated heterocycles. The minimum Gasteiger partial charge on any atom is -0.507 e. The van der Waals surface area contributed by atoms with Crippen LogP contribution < -0.4 is 0 Å². The van der Waals surface area contributed by atoms with Gasteiger partial charge in [-0.25, -0.2) is 4.39 Å². The summed E-state index contributed by atoms with van der Waals surface area (Å²) >= 11 is 0. The van der Waals surface area contributed by atoms with Gasteiger partial charge in [-0.1, -0.05) is 19.3 Å². The summed E-state index contributed by atoms with van der Waals surface area (Å²) < 4.78 is 18.7. The highest BCUT2D eigenvalue weighted by molar-refractivity contribution is 6.46. The zero-order valence-corrected chi connectivity index (χ0v) is 14.7. The Morgan fingerprint density at radius 1 is 1.07 bits per heavy atom. The quantitative estimate of drug-likeness (QED) is 0.501. The van der Waals surface area contributed by atoms with E-state index in [1.54, 1.807) is 17.0 Å². The van der Waals surface area contributed by atoms with Gasteiger partial charge in [0.25, 0.3) is 11.7 Å². The molecule has 1 aromatic carbocycles. The highest BCUT2D eigenvalue weighted by atomic mass is 19.1. The first-order valence-corrected chi connectivity index (χ1v) is 9.17. The lowest BCUT2D eigenvalue weighted by molar-refractivity contribution is -0.142. The molecule has 5 nitrogen and oxygen atoms in total. The highest BCUT2D eigenvalue weighted by Gasteiger charge is 2.50. The topological polar surface area (TPSA) is 70.8 Å². The van der Waals surface area contributed by atoms with Crippen molar-refractivity contribution in [3.63, 3.8) is 0 Å². The molecule has 1 aliphatic heterocycles. The second-order valence-electron chi connectivity index (χ2n) is 7.02. The van der Waals surface area contributed by atoms with Gasteiger partial charge in [0, 0.05) is 11.6 Å². The number of aliphatic hydroxyl groups excluding tert-OH is 1. The van der Waals surface area contributed by atoms with Gasteiger partial charge in [0.2, 0.25) is 0 Å². The van der Waals surface area contributed by atoms with Crippen LogP contribution >= 0.6 is 0 Å². The summed E-state index contributed by atoms with van der Waals surface area (Å²) in [6, 6.07) is 7.73. The van der Waals surface area contributed by atoms with Crippen molar-refractivity contribution in [1.29, 1.82) is 0 Å². The van der Waals surface area contributed by atoms with Crippen molar-refractivity contribution in [2.75, 3.05) is 0 Å². The fourth-order valence-corrected chi connectivity index (χ4v) is 4.08. The molecule has 1 amide bonds. The van der Waals surface area contributed by atoms with E-state index < -0.39 is 23.5 Å². The summed E-state index contributed by atoms with van der Waals surface area (Å²) in [5.41, 5.74) is 0.279. The van der Waals surface area contributed by atoms with Crippen LogP contribution in [0, 0.1) is 5.82 Å². The number of likely N-dealkylation sites (tertiary alicyclic amines) is 1.